The van der Waals surface area contributed by atoms with Crippen molar-refractivity contribution < 1.29 is 9.53 Å². The van der Waals surface area contributed by atoms with Gasteiger partial charge in [0.1, 0.15) is 5.75 Å². The summed E-state index contributed by atoms with van der Waals surface area (Å²) in [5.74, 6) is 5.66. The van der Waals surface area contributed by atoms with E-state index >= 15 is 0 Å². The summed E-state index contributed by atoms with van der Waals surface area (Å²) in [7, 11) is 0. The van der Waals surface area contributed by atoms with Gasteiger partial charge in [0.05, 0.1) is 23.6 Å². The van der Waals surface area contributed by atoms with Gasteiger partial charge in [0.15, 0.2) is 0 Å². The normalized spacial score (nSPS) is 10.4. The van der Waals surface area contributed by atoms with Crippen LogP contribution in [0.15, 0.2) is 24.3 Å². The molecule has 1 heterocycles. The summed E-state index contributed by atoms with van der Waals surface area (Å²) in [5.41, 5.74) is 9.78. The summed E-state index contributed by atoms with van der Waals surface area (Å²) >= 11 is 0. The fraction of sp³-hybridized carbons (Fsp3) is 0.312. The van der Waals surface area contributed by atoms with Crippen LogP contribution in [0, 0.1) is 6.92 Å². The van der Waals surface area contributed by atoms with Gasteiger partial charge >= 0.3 is 0 Å². The van der Waals surface area contributed by atoms with Crippen molar-refractivity contribution in [3.05, 3.63) is 35.5 Å². The maximum atomic E-state index is 12.0. The number of nitrogens with one attached hydrogen (secondary N) is 1. The van der Waals surface area contributed by atoms with Crippen molar-refractivity contribution in [3.63, 3.8) is 0 Å². The first-order chi connectivity index (χ1) is 11.1. The van der Waals surface area contributed by atoms with E-state index in [1.54, 1.807) is 6.92 Å². The van der Waals surface area contributed by atoms with E-state index in [9.17, 15) is 4.79 Å². The number of hydrogen-bond donors (Lipinski definition) is 3. The van der Waals surface area contributed by atoms with Gasteiger partial charge in [-0.15, -0.1) is 0 Å². The Labute approximate surface area is 135 Å². The molecule has 0 aliphatic heterocycles. The van der Waals surface area contributed by atoms with E-state index in [0.29, 0.717) is 23.6 Å². The number of amides is 1. The summed E-state index contributed by atoms with van der Waals surface area (Å²) in [4.78, 5) is 20.2. The molecule has 122 valence electrons. The number of aromatic nitrogens is 2. The topological polar surface area (TPSA) is 116 Å². The average molecular weight is 315 g/mol. The molecule has 0 spiro atoms. The first-order valence-corrected chi connectivity index (χ1v) is 7.45. The lowest BCUT2D eigenvalue weighted by molar-refractivity contribution is 0.0953. The number of unbranched alkanes of at least 4 members (excludes halogenated alkanes) is 1. The molecule has 0 saturated carbocycles. The predicted molar refractivity (Wildman–Crippen MR) is 88.7 cm³/mol. The Hall–Kier alpha value is -2.67. The van der Waals surface area contributed by atoms with Gasteiger partial charge in [0, 0.05) is 5.56 Å². The summed E-state index contributed by atoms with van der Waals surface area (Å²) in [6.07, 6.45) is 2.08. The Balaban J connectivity index is 2.36. The highest BCUT2D eigenvalue weighted by atomic mass is 16.5. The standard InChI is InChI=1S/C16H21N5O2/c1-3-4-9-23-12-7-5-11(6-8-12)14-13(15(22)21-18)10(2)19-16(17)20-14/h5-8H,3-4,9,18H2,1-2H3,(H,21,22)(H2,17,19,20). The zero-order valence-electron chi connectivity index (χ0n) is 13.3. The van der Waals surface area contributed by atoms with Crippen LogP contribution in [0.3, 0.4) is 0 Å². The molecule has 7 nitrogen and oxygen atoms in total. The molecule has 0 atom stereocenters. The number of anilines is 1. The molecule has 23 heavy (non-hydrogen) atoms. The van der Waals surface area contributed by atoms with Crippen LogP contribution in [0.1, 0.15) is 35.8 Å². The lowest BCUT2D eigenvalue weighted by Gasteiger charge is -2.12. The molecule has 5 N–H and O–H groups in total. The summed E-state index contributed by atoms with van der Waals surface area (Å²) in [6.45, 7) is 4.48. The molecule has 1 amide bonds. The number of nitrogens with zero attached hydrogens (tertiary/aromatic N) is 2. The zero-order chi connectivity index (χ0) is 16.8. The van der Waals surface area contributed by atoms with Crippen LogP contribution in [-0.4, -0.2) is 22.5 Å². The molecule has 0 unspecified atom stereocenters. The Morgan fingerprint density at radius 1 is 1.26 bits per heavy atom. The maximum Gasteiger partial charge on any atom is 0.269 e. The van der Waals surface area contributed by atoms with Gasteiger partial charge in [0.25, 0.3) is 5.91 Å². The molecule has 7 heteroatoms. The lowest BCUT2D eigenvalue weighted by Crippen LogP contribution is -2.31. The second kappa shape index (κ2) is 7.55. The van der Waals surface area contributed by atoms with Crippen LogP contribution in [0.5, 0.6) is 5.75 Å². The number of carbonyl (C=O) groups is 1. The minimum Gasteiger partial charge on any atom is -0.494 e. The largest absolute Gasteiger partial charge is 0.494 e. The fourth-order valence-corrected chi connectivity index (χ4v) is 2.19. The van der Waals surface area contributed by atoms with Crippen molar-refractivity contribution in [2.75, 3.05) is 12.3 Å². The van der Waals surface area contributed by atoms with Gasteiger partial charge in [-0.05, 0) is 37.6 Å². The minimum atomic E-state index is -0.458. The van der Waals surface area contributed by atoms with Crippen LogP contribution in [0.25, 0.3) is 11.3 Å². The Kier molecular flexibility index (Phi) is 5.48. The number of ether oxygens (including phenoxy) is 1. The quantitative estimate of drug-likeness (QED) is 0.324. The van der Waals surface area contributed by atoms with E-state index in [4.69, 9.17) is 16.3 Å². The molecule has 0 fully saturated rings. The van der Waals surface area contributed by atoms with Gasteiger partial charge < -0.3 is 10.5 Å². The minimum absolute atomic E-state index is 0.106. The average Bonchev–Trinajstić information content (AvgIpc) is 2.54. The van der Waals surface area contributed by atoms with Gasteiger partial charge in [-0.25, -0.2) is 15.8 Å². The van der Waals surface area contributed by atoms with Crippen molar-refractivity contribution in [2.45, 2.75) is 26.7 Å². The SMILES string of the molecule is CCCCOc1ccc(-c2nc(N)nc(C)c2C(=O)NN)cc1. The van der Waals surface area contributed by atoms with Gasteiger partial charge in [-0.2, -0.15) is 0 Å². The van der Waals surface area contributed by atoms with Gasteiger partial charge in [0.2, 0.25) is 5.95 Å². The number of nitrogens with two attached hydrogens (primary N) is 2. The molecule has 2 aromatic rings. The van der Waals surface area contributed by atoms with Crippen LogP contribution in [-0.2, 0) is 0 Å². The molecular formula is C16H21N5O2. The van der Waals surface area contributed by atoms with Crippen molar-refractivity contribution in [3.8, 4) is 17.0 Å². The number of carbonyl (C=O) groups excluding carboxylic acids is 1. The number of aryl methyl sites for hydroxylation is 1. The molecule has 0 bridgehead atoms. The molecule has 2 rings (SSSR count). The van der Waals surface area contributed by atoms with Crippen molar-refractivity contribution in [2.24, 2.45) is 5.84 Å². The Morgan fingerprint density at radius 3 is 2.57 bits per heavy atom. The van der Waals surface area contributed by atoms with E-state index < -0.39 is 5.91 Å². The van der Waals surface area contributed by atoms with Gasteiger partial charge in [-0.1, -0.05) is 13.3 Å². The first-order valence-electron chi connectivity index (χ1n) is 7.45. The highest BCUT2D eigenvalue weighted by molar-refractivity contribution is 6.00. The lowest BCUT2D eigenvalue weighted by atomic mass is 10.0. The van der Waals surface area contributed by atoms with E-state index in [-0.39, 0.29) is 5.95 Å². The van der Waals surface area contributed by atoms with Crippen LogP contribution in [0.4, 0.5) is 5.95 Å². The van der Waals surface area contributed by atoms with Crippen LogP contribution >= 0.6 is 0 Å². The number of benzene rings is 1. The highest BCUT2D eigenvalue weighted by Gasteiger charge is 2.18. The first kappa shape index (κ1) is 16.7. The van der Waals surface area contributed by atoms with Gasteiger partial charge in [-0.3, -0.25) is 10.2 Å². The fourth-order valence-electron chi connectivity index (χ4n) is 2.19. The second-order valence-corrected chi connectivity index (χ2v) is 5.09. The molecule has 0 saturated heterocycles. The highest BCUT2D eigenvalue weighted by Crippen LogP contribution is 2.26. The molecular weight excluding hydrogens is 294 g/mol. The molecule has 1 aromatic heterocycles. The van der Waals surface area contributed by atoms with Crippen molar-refractivity contribution >= 4 is 11.9 Å². The Bertz CT molecular complexity index is 686. The maximum absolute atomic E-state index is 12.0. The van der Waals surface area contributed by atoms with E-state index in [1.165, 1.54) is 0 Å². The number of nitrogen functional groups attached to an aromatic ring is 2. The summed E-state index contributed by atoms with van der Waals surface area (Å²) in [5, 5.41) is 0. The molecule has 0 radical (unpaired) electrons. The van der Waals surface area contributed by atoms with E-state index in [0.717, 1.165) is 24.2 Å². The van der Waals surface area contributed by atoms with Crippen LogP contribution < -0.4 is 21.7 Å². The monoisotopic (exact) mass is 315 g/mol. The number of hydrogen-bond acceptors (Lipinski definition) is 6. The number of rotatable bonds is 6. The van der Waals surface area contributed by atoms with Crippen molar-refractivity contribution in [1.82, 2.24) is 15.4 Å². The molecule has 0 aliphatic carbocycles. The zero-order valence-corrected chi connectivity index (χ0v) is 13.3. The number of hydrazine groups is 1. The third-order valence-electron chi connectivity index (χ3n) is 3.36. The Morgan fingerprint density at radius 2 is 1.96 bits per heavy atom. The van der Waals surface area contributed by atoms with E-state index in [1.807, 2.05) is 24.3 Å². The summed E-state index contributed by atoms with van der Waals surface area (Å²) in [6, 6.07) is 7.33. The van der Waals surface area contributed by atoms with Crippen molar-refractivity contribution in [1.29, 1.82) is 0 Å². The predicted octanol–water partition coefficient (Wildman–Crippen LogP) is 1.82. The molecule has 1 aromatic carbocycles. The second-order valence-electron chi connectivity index (χ2n) is 5.09. The third kappa shape index (κ3) is 3.95. The summed E-state index contributed by atoms with van der Waals surface area (Å²) < 4.78 is 5.63. The molecule has 0 aliphatic rings. The third-order valence-corrected chi connectivity index (χ3v) is 3.36. The van der Waals surface area contributed by atoms with E-state index in [2.05, 4.69) is 22.3 Å². The smallest absolute Gasteiger partial charge is 0.269 e. The van der Waals surface area contributed by atoms with Crippen LogP contribution in [0.2, 0.25) is 0 Å².